The number of hydrogen-bond acceptors (Lipinski definition) is 6. The predicted molar refractivity (Wildman–Crippen MR) is 124 cm³/mol. The van der Waals surface area contributed by atoms with Crippen molar-refractivity contribution in [3.8, 4) is 0 Å². The minimum Gasteiger partial charge on any atom is -0.337 e. The van der Waals surface area contributed by atoms with E-state index in [-0.39, 0.29) is 24.5 Å². The fourth-order valence-corrected chi connectivity index (χ4v) is 5.84. The van der Waals surface area contributed by atoms with Crippen LogP contribution < -0.4 is 4.31 Å². The number of thioether (sulfide) groups is 1. The third-order valence-electron chi connectivity index (χ3n) is 5.65. The molecule has 0 saturated carbocycles. The molecular formula is C21H31N5O3S2. The first-order valence-corrected chi connectivity index (χ1v) is 13.4. The summed E-state index contributed by atoms with van der Waals surface area (Å²) in [5, 5.41) is 9.13. The van der Waals surface area contributed by atoms with E-state index in [0.717, 1.165) is 19.3 Å². The van der Waals surface area contributed by atoms with Crippen molar-refractivity contribution < 1.29 is 13.2 Å². The summed E-state index contributed by atoms with van der Waals surface area (Å²) in [5.41, 5.74) is 0.577. The van der Waals surface area contributed by atoms with Crippen molar-refractivity contribution >= 4 is 33.4 Å². The highest BCUT2D eigenvalue weighted by Gasteiger charge is 2.29. The molecule has 0 bridgehead atoms. The van der Waals surface area contributed by atoms with Crippen LogP contribution in [0.3, 0.4) is 0 Å². The van der Waals surface area contributed by atoms with Gasteiger partial charge < -0.3 is 9.47 Å². The van der Waals surface area contributed by atoms with Crippen LogP contribution in [-0.4, -0.2) is 58.1 Å². The lowest BCUT2D eigenvalue weighted by Crippen LogP contribution is -2.48. The minimum atomic E-state index is -3.50. The predicted octanol–water partition coefficient (Wildman–Crippen LogP) is 3.15. The third kappa shape index (κ3) is 5.60. The van der Waals surface area contributed by atoms with Crippen LogP contribution in [0.5, 0.6) is 0 Å². The van der Waals surface area contributed by atoms with Gasteiger partial charge in [-0.25, -0.2) is 8.42 Å². The molecule has 1 aliphatic heterocycles. The molecule has 8 nitrogen and oxygen atoms in total. The summed E-state index contributed by atoms with van der Waals surface area (Å²) >= 11 is 1.36. The van der Waals surface area contributed by atoms with Gasteiger partial charge in [-0.1, -0.05) is 30.0 Å². The zero-order chi connectivity index (χ0) is 22.6. The molecule has 31 heavy (non-hydrogen) atoms. The van der Waals surface area contributed by atoms with E-state index >= 15 is 0 Å². The first kappa shape index (κ1) is 23.6. The maximum absolute atomic E-state index is 12.9. The molecule has 0 N–H and O–H groups in total. The molecule has 2 heterocycles. The molecule has 1 fully saturated rings. The molecular weight excluding hydrogens is 434 g/mol. The number of nitrogens with zero attached hydrogens (tertiary/aromatic N) is 5. The maximum atomic E-state index is 12.9. The van der Waals surface area contributed by atoms with Gasteiger partial charge in [0.25, 0.3) is 0 Å². The number of amides is 1. The van der Waals surface area contributed by atoms with Crippen LogP contribution in [0, 0.1) is 0 Å². The number of aromatic nitrogens is 3. The number of benzene rings is 1. The highest BCUT2D eigenvalue weighted by atomic mass is 32.2. The lowest BCUT2D eigenvalue weighted by molar-refractivity contribution is -0.134. The Morgan fingerprint density at radius 1 is 1.16 bits per heavy atom. The first-order chi connectivity index (χ1) is 14.7. The second-order valence-corrected chi connectivity index (χ2v) is 10.8. The van der Waals surface area contributed by atoms with Crippen molar-refractivity contribution in [1.29, 1.82) is 0 Å². The van der Waals surface area contributed by atoms with Gasteiger partial charge in [0, 0.05) is 18.6 Å². The van der Waals surface area contributed by atoms with Crippen LogP contribution in [0.25, 0.3) is 0 Å². The molecule has 1 saturated heterocycles. The summed E-state index contributed by atoms with van der Waals surface area (Å²) in [6.07, 6.45) is 4.42. The highest BCUT2D eigenvalue weighted by molar-refractivity contribution is 7.99. The normalized spacial score (nSPS) is 19.4. The Labute approximate surface area is 189 Å². The standard InChI is InChI=1S/C21H31N5O3S2/c1-5-24-19(14-25(31(4,28)29)18-12-7-6-8-13-18)22-23-21(24)30-15-20(27)26-16(2)10-9-11-17(26)3/h6-8,12-13,16-17H,5,9-11,14-15H2,1-4H3/t16-,17+. The van der Waals surface area contributed by atoms with Crippen molar-refractivity contribution in [1.82, 2.24) is 19.7 Å². The van der Waals surface area contributed by atoms with Crippen LogP contribution in [0.15, 0.2) is 35.5 Å². The second kappa shape index (κ2) is 10.0. The monoisotopic (exact) mass is 465 g/mol. The van der Waals surface area contributed by atoms with Crippen molar-refractivity contribution in [2.24, 2.45) is 0 Å². The van der Waals surface area contributed by atoms with E-state index in [0.29, 0.717) is 29.0 Å². The Kier molecular flexibility index (Phi) is 7.64. The van der Waals surface area contributed by atoms with E-state index in [9.17, 15) is 13.2 Å². The van der Waals surface area contributed by atoms with Crippen LogP contribution >= 0.6 is 11.8 Å². The summed E-state index contributed by atoms with van der Waals surface area (Å²) in [5.74, 6) is 0.951. The van der Waals surface area contributed by atoms with Gasteiger partial charge in [-0.2, -0.15) is 0 Å². The van der Waals surface area contributed by atoms with Gasteiger partial charge >= 0.3 is 0 Å². The van der Waals surface area contributed by atoms with Crippen LogP contribution in [-0.2, 0) is 27.9 Å². The van der Waals surface area contributed by atoms with E-state index in [4.69, 9.17) is 0 Å². The summed E-state index contributed by atoms with van der Waals surface area (Å²) in [4.78, 5) is 14.8. The lowest BCUT2D eigenvalue weighted by atomic mass is 9.98. The van der Waals surface area contributed by atoms with E-state index in [2.05, 4.69) is 24.0 Å². The van der Waals surface area contributed by atoms with Crippen molar-refractivity contribution in [2.75, 3.05) is 16.3 Å². The van der Waals surface area contributed by atoms with E-state index in [1.807, 2.05) is 22.5 Å². The van der Waals surface area contributed by atoms with Crippen LogP contribution in [0.4, 0.5) is 5.69 Å². The van der Waals surface area contributed by atoms with E-state index < -0.39 is 10.0 Å². The largest absolute Gasteiger partial charge is 0.337 e. The van der Waals surface area contributed by atoms with Gasteiger partial charge in [0.2, 0.25) is 15.9 Å². The third-order valence-corrected chi connectivity index (χ3v) is 7.74. The fourth-order valence-electron chi connectivity index (χ4n) is 4.10. The quantitative estimate of drug-likeness (QED) is 0.557. The number of hydrogen-bond donors (Lipinski definition) is 0. The fraction of sp³-hybridized carbons (Fsp3) is 0.571. The Hall–Kier alpha value is -2.07. The Bertz CT molecular complexity index is 984. The van der Waals surface area contributed by atoms with E-state index in [1.54, 1.807) is 24.3 Å². The maximum Gasteiger partial charge on any atom is 0.233 e. The number of carbonyl (C=O) groups excluding carboxylic acids is 1. The van der Waals surface area contributed by atoms with Gasteiger partial charge in [-0.15, -0.1) is 10.2 Å². The SMILES string of the molecule is CCn1c(CN(c2ccccc2)S(C)(=O)=O)nnc1SCC(=O)N1[C@H](C)CCC[C@@H]1C. The lowest BCUT2D eigenvalue weighted by Gasteiger charge is -2.39. The second-order valence-electron chi connectivity index (χ2n) is 7.97. The average molecular weight is 466 g/mol. The van der Waals surface area contributed by atoms with Gasteiger partial charge in [0.15, 0.2) is 11.0 Å². The van der Waals surface area contributed by atoms with Crippen molar-refractivity contribution in [3.63, 3.8) is 0 Å². The van der Waals surface area contributed by atoms with Gasteiger partial charge in [0.05, 0.1) is 24.2 Å². The van der Waals surface area contributed by atoms with Crippen LogP contribution in [0.2, 0.25) is 0 Å². The average Bonchev–Trinajstić information content (AvgIpc) is 3.11. The van der Waals surface area contributed by atoms with Crippen molar-refractivity contribution in [2.45, 2.75) is 70.4 Å². The number of carbonyl (C=O) groups is 1. The number of piperidine rings is 1. The first-order valence-electron chi connectivity index (χ1n) is 10.6. The molecule has 0 unspecified atom stereocenters. The smallest absolute Gasteiger partial charge is 0.233 e. The number of likely N-dealkylation sites (tertiary alicyclic amines) is 1. The van der Waals surface area contributed by atoms with Gasteiger partial charge in [-0.3, -0.25) is 9.10 Å². The molecule has 0 spiro atoms. The zero-order valence-electron chi connectivity index (χ0n) is 18.6. The highest BCUT2D eigenvalue weighted by Crippen LogP contribution is 2.26. The molecule has 2 aromatic rings. The topological polar surface area (TPSA) is 88.4 Å². The molecule has 1 amide bonds. The van der Waals surface area contributed by atoms with Gasteiger partial charge in [-0.05, 0) is 52.2 Å². The van der Waals surface area contributed by atoms with E-state index in [1.165, 1.54) is 22.3 Å². The molecule has 0 radical (unpaired) electrons. The summed E-state index contributed by atoms with van der Waals surface area (Å²) in [6.45, 7) is 6.84. The molecule has 2 atom stereocenters. The molecule has 1 aromatic carbocycles. The summed E-state index contributed by atoms with van der Waals surface area (Å²) < 4.78 is 28.0. The van der Waals surface area contributed by atoms with Gasteiger partial charge in [0.1, 0.15) is 0 Å². The van der Waals surface area contributed by atoms with Crippen molar-refractivity contribution in [3.05, 3.63) is 36.2 Å². The molecule has 0 aliphatic carbocycles. The zero-order valence-corrected chi connectivity index (χ0v) is 20.2. The Morgan fingerprint density at radius 3 is 2.39 bits per heavy atom. The molecule has 3 rings (SSSR count). The number of para-hydroxylation sites is 1. The molecule has 1 aromatic heterocycles. The van der Waals surface area contributed by atoms with Crippen LogP contribution in [0.1, 0.15) is 45.9 Å². The number of anilines is 1. The summed E-state index contributed by atoms with van der Waals surface area (Å²) in [7, 11) is -3.50. The summed E-state index contributed by atoms with van der Waals surface area (Å²) in [6, 6.07) is 9.46. The Balaban J connectivity index is 1.75. The Morgan fingerprint density at radius 2 is 1.81 bits per heavy atom. The molecule has 170 valence electrons. The number of rotatable bonds is 8. The molecule has 1 aliphatic rings. The molecule has 10 heteroatoms. The number of sulfonamides is 1. The minimum absolute atomic E-state index is 0.0817.